The van der Waals surface area contributed by atoms with Crippen LogP contribution in [0.25, 0.3) is 0 Å². The number of amides is 1. The van der Waals surface area contributed by atoms with Gasteiger partial charge >= 0.3 is 0 Å². The molecule has 1 aromatic heterocycles. The van der Waals surface area contributed by atoms with Crippen LogP contribution in [0.2, 0.25) is 0 Å². The maximum atomic E-state index is 12.0. The molecule has 1 aromatic carbocycles. The van der Waals surface area contributed by atoms with Gasteiger partial charge in [-0.2, -0.15) is 0 Å². The fraction of sp³-hybridized carbons (Fsp3) is 0.333. The van der Waals surface area contributed by atoms with Gasteiger partial charge in [-0.25, -0.2) is 4.98 Å². The Morgan fingerprint density at radius 1 is 1.35 bits per heavy atom. The second-order valence-electron chi connectivity index (χ2n) is 4.59. The van der Waals surface area contributed by atoms with Gasteiger partial charge in [0.1, 0.15) is 0 Å². The van der Waals surface area contributed by atoms with Crippen molar-refractivity contribution in [3.8, 4) is 0 Å². The Bertz CT molecular complexity index is 537. The zero-order valence-electron chi connectivity index (χ0n) is 11.7. The molecule has 0 saturated carbocycles. The predicted molar refractivity (Wildman–Crippen MR) is 83.5 cm³/mol. The van der Waals surface area contributed by atoms with E-state index >= 15 is 0 Å². The monoisotopic (exact) mass is 289 g/mol. The molecule has 2 rings (SSSR count). The molecule has 0 radical (unpaired) electrons. The summed E-state index contributed by atoms with van der Waals surface area (Å²) in [7, 11) is 0. The molecule has 0 bridgehead atoms. The van der Waals surface area contributed by atoms with Gasteiger partial charge in [-0.05, 0) is 31.2 Å². The number of hydrogen-bond donors (Lipinski definition) is 2. The van der Waals surface area contributed by atoms with Crippen molar-refractivity contribution >= 4 is 22.9 Å². The molecular formula is C15H19N3OS. The van der Waals surface area contributed by atoms with Gasteiger partial charge in [0, 0.05) is 41.8 Å². The lowest BCUT2D eigenvalue weighted by molar-refractivity contribution is 0.0951. The highest BCUT2D eigenvalue weighted by Gasteiger charge is 2.11. The summed E-state index contributed by atoms with van der Waals surface area (Å²) in [6, 6.07) is 7.51. The molecule has 0 aliphatic carbocycles. The van der Waals surface area contributed by atoms with Crippen molar-refractivity contribution in [1.29, 1.82) is 0 Å². The fourth-order valence-electron chi connectivity index (χ4n) is 1.86. The molecule has 0 aliphatic rings. The highest BCUT2D eigenvalue weighted by Crippen LogP contribution is 2.16. The van der Waals surface area contributed by atoms with Crippen molar-refractivity contribution in [3.05, 3.63) is 46.4 Å². The number of anilines is 1. The molecule has 0 aliphatic heterocycles. The van der Waals surface area contributed by atoms with Crippen molar-refractivity contribution < 1.29 is 4.79 Å². The maximum absolute atomic E-state index is 12.0. The summed E-state index contributed by atoms with van der Waals surface area (Å²) in [5.41, 5.74) is 1.71. The largest absolute Gasteiger partial charge is 0.385 e. The molecule has 1 unspecified atom stereocenters. The fourth-order valence-corrected chi connectivity index (χ4v) is 2.56. The Balaban J connectivity index is 1.88. The molecule has 106 valence electrons. The first-order chi connectivity index (χ1) is 9.70. The van der Waals surface area contributed by atoms with Crippen molar-refractivity contribution in [1.82, 2.24) is 10.3 Å². The number of rotatable bonds is 6. The topological polar surface area (TPSA) is 54.0 Å². The van der Waals surface area contributed by atoms with Gasteiger partial charge in [-0.15, -0.1) is 11.3 Å². The standard InChI is InChI=1S/C15H19N3OS/c1-3-16-13-6-4-12(5-7-13)14(19)18-10-11(2)15-17-8-9-20-15/h4-9,11,16H,3,10H2,1-2H3,(H,18,19). The average Bonchev–Trinajstić information content (AvgIpc) is 3.00. The van der Waals surface area contributed by atoms with Crippen LogP contribution in [-0.2, 0) is 0 Å². The smallest absolute Gasteiger partial charge is 0.251 e. The number of aromatic nitrogens is 1. The van der Waals surface area contributed by atoms with Crippen molar-refractivity contribution in [2.24, 2.45) is 0 Å². The summed E-state index contributed by atoms with van der Waals surface area (Å²) in [5, 5.41) is 9.15. The summed E-state index contributed by atoms with van der Waals surface area (Å²) in [6.45, 7) is 5.58. The third kappa shape index (κ3) is 3.81. The van der Waals surface area contributed by atoms with Gasteiger partial charge in [0.2, 0.25) is 0 Å². The van der Waals surface area contributed by atoms with E-state index in [1.54, 1.807) is 17.5 Å². The van der Waals surface area contributed by atoms with E-state index in [1.165, 1.54) is 0 Å². The highest BCUT2D eigenvalue weighted by atomic mass is 32.1. The van der Waals surface area contributed by atoms with E-state index < -0.39 is 0 Å². The molecule has 0 spiro atoms. The summed E-state index contributed by atoms with van der Waals surface area (Å²) >= 11 is 1.62. The first-order valence-electron chi connectivity index (χ1n) is 6.72. The molecule has 20 heavy (non-hydrogen) atoms. The molecule has 1 amide bonds. The van der Waals surface area contributed by atoms with Crippen LogP contribution in [-0.4, -0.2) is 24.0 Å². The lowest BCUT2D eigenvalue weighted by Gasteiger charge is -2.10. The van der Waals surface area contributed by atoms with E-state index in [0.29, 0.717) is 12.1 Å². The van der Waals surface area contributed by atoms with Crippen molar-refractivity contribution in [2.45, 2.75) is 19.8 Å². The third-order valence-corrected chi connectivity index (χ3v) is 3.98. The number of carbonyl (C=O) groups is 1. The predicted octanol–water partition coefficient (Wildman–Crippen LogP) is 3.11. The molecule has 0 saturated heterocycles. The van der Waals surface area contributed by atoms with Crippen LogP contribution in [0.15, 0.2) is 35.8 Å². The number of nitrogens with zero attached hydrogens (tertiary/aromatic N) is 1. The number of nitrogens with one attached hydrogen (secondary N) is 2. The minimum absolute atomic E-state index is 0.0449. The average molecular weight is 289 g/mol. The zero-order valence-corrected chi connectivity index (χ0v) is 12.5. The molecule has 2 aromatic rings. The Hall–Kier alpha value is -1.88. The SMILES string of the molecule is CCNc1ccc(C(=O)NCC(C)c2nccs2)cc1. The van der Waals surface area contributed by atoms with Gasteiger partial charge < -0.3 is 10.6 Å². The number of benzene rings is 1. The maximum Gasteiger partial charge on any atom is 0.251 e. The van der Waals surface area contributed by atoms with Crippen LogP contribution in [0.3, 0.4) is 0 Å². The van der Waals surface area contributed by atoms with Crippen LogP contribution in [0.4, 0.5) is 5.69 Å². The van der Waals surface area contributed by atoms with Crippen molar-refractivity contribution in [3.63, 3.8) is 0 Å². The molecule has 2 N–H and O–H groups in total. The van der Waals surface area contributed by atoms with Gasteiger partial charge in [0.15, 0.2) is 0 Å². The Morgan fingerprint density at radius 2 is 2.10 bits per heavy atom. The lowest BCUT2D eigenvalue weighted by Crippen LogP contribution is -2.27. The van der Waals surface area contributed by atoms with Crippen LogP contribution < -0.4 is 10.6 Å². The van der Waals surface area contributed by atoms with E-state index in [2.05, 4.69) is 22.5 Å². The minimum Gasteiger partial charge on any atom is -0.385 e. The van der Waals surface area contributed by atoms with Crippen molar-refractivity contribution in [2.75, 3.05) is 18.4 Å². The van der Waals surface area contributed by atoms with Gasteiger partial charge in [0.25, 0.3) is 5.91 Å². The molecule has 0 fully saturated rings. The second kappa shape index (κ2) is 7.05. The first-order valence-corrected chi connectivity index (χ1v) is 7.60. The Morgan fingerprint density at radius 3 is 2.70 bits per heavy atom. The zero-order chi connectivity index (χ0) is 14.4. The van der Waals surface area contributed by atoms with Crippen LogP contribution >= 0.6 is 11.3 Å². The summed E-state index contributed by atoms with van der Waals surface area (Å²) in [5.74, 6) is 0.191. The number of carbonyl (C=O) groups excluding carboxylic acids is 1. The normalized spacial score (nSPS) is 11.9. The first kappa shape index (κ1) is 14.5. The molecule has 1 heterocycles. The van der Waals surface area contributed by atoms with Gasteiger partial charge in [-0.3, -0.25) is 4.79 Å². The third-order valence-electron chi connectivity index (χ3n) is 2.97. The molecule has 5 heteroatoms. The van der Waals surface area contributed by atoms with Crippen LogP contribution in [0, 0.1) is 0 Å². The highest BCUT2D eigenvalue weighted by molar-refractivity contribution is 7.09. The van der Waals surface area contributed by atoms with E-state index in [1.807, 2.05) is 36.6 Å². The molecular weight excluding hydrogens is 270 g/mol. The second-order valence-corrected chi connectivity index (χ2v) is 5.52. The summed E-state index contributed by atoms with van der Waals surface area (Å²) in [6.07, 6.45) is 1.79. The molecule has 1 atom stereocenters. The van der Waals surface area contributed by atoms with E-state index in [0.717, 1.165) is 17.2 Å². The minimum atomic E-state index is -0.0449. The summed E-state index contributed by atoms with van der Waals surface area (Å²) < 4.78 is 0. The Labute approximate surface area is 123 Å². The van der Waals surface area contributed by atoms with Gasteiger partial charge in [0.05, 0.1) is 5.01 Å². The lowest BCUT2D eigenvalue weighted by atomic mass is 10.1. The van der Waals surface area contributed by atoms with E-state index in [9.17, 15) is 4.79 Å². The number of hydrogen-bond acceptors (Lipinski definition) is 4. The van der Waals surface area contributed by atoms with E-state index in [4.69, 9.17) is 0 Å². The molecule has 4 nitrogen and oxygen atoms in total. The van der Waals surface area contributed by atoms with E-state index in [-0.39, 0.29) is 11.8 Å². The van der Waals surface area contributed by atoms with Crippen LogP contribution in [0.1, 0.15) is 35.1 Å². The number of thiazole rings is 1. The Kier molecular flexibility index (Phi) is 5.12. The van der Waals surface area contributed by atoms with Crippen LogP contribution in [0.5, 0.6) is 0 Å². The quantitative estimate of drug-likeness (QED) is 0.859. The summed E-state index contributed by atoms with van der Waals surface area (Å²) in [4.78, 5) is 16.3. The van der Waals surface area contributed by atoms with Gasteiger partial charge in [-0.1, -0.05) is 6.92 Å².